The molecule has 0 saturated heterocycles. The Morgan fingerprint density at radius 1 is 1.57 bits per heavy atom. The molecule has 6 heteroatoms. The smallest absolute Gasteiger partial charge is 0.266 e. The molecule has 78 valence electrons. The summed E-state index contributed by atoms with van der Waals surface area (Å²) in [5, 5.41) is 8.88. The monoisotopic (exact) mass is 266 g/mol. The van der Waals surface area contributed by atoms with E-state index >= 15 is 0 Å². The Morgan fingerprint density at radius 3 is 2.64 bits per heavy atom. The highest BCUT2D eigenvalue weighted by Gasteiger charge is 2.17. The summed E-state index contributed by atoms with van der Waals surface area (Å²) in [5.41, 5.74) is 5.91. The highest BCUT2D eigenvalue weighted by molar-refractivity contribution is 9.10. The number of halogens is 3. The van der Waals surface area contributed by atoms with Gasteiger partial charge in [0.05, 0.1) is 17.9 Å². The molecule has 0 aliphatic carbocycles. The van der Waals surface area contributed by atoms with Gasteiger partial charge in [0, 0.05) is 22.8 Å². The third kappa shape index (κ3) is 2.08. The minimum atomic E-state index is -2.60. The second kappa shape index (κ2) is 4.77. The molecule has 0 spiro atoms. The molecule has 0 atom stereocenters. The van der Waals surface area contributed by atoms with Gasteiger partial charge in [-0.05, 0) is 15.9 Å². The average molecular weight is 267 g/mol. The number of alkyl halides is 2. The molecule has 0 unspecified atom stereocenters. The number of hydrogen-bond donors (Lipinski definition) is 2. The molecule has 3 nitrogen and oxygen atoms in total. The van der Waals surface area contributed by atoms with Crippen LogP contribution in [0.2, 0.25) is 0 Å². The molecule has 0 radical (unpaired) electrons. The van der Waals surface area contributed by atoms with E-state index in [1.54, 1.807) is 0 Å². The first-order chi connectivity index (χ1) is 6.61. The van der Waals surface area contributed by atoms with Crippen molar-refractivity contribution in [3.8, 4) is 0 Å². The van der Waals surface area contributed by atoms with Crippen LogP contribution in [0.5, 0.6) is 0 Å². The maximum Gasteiger partial charge on any atom is 0.266 e. The molecule has 1 rings (SSSR count). The number of nitrogens with two attached hydrogens (primary N) is 1. The quantitative estimate of drug-likeness (QED) is 0.876. The van der Waals surface area contributed by atoms with Gasteiger partial charge in [-0.3, -0.25) is 4.98 Å². The molecule has 0 aromatic carbocycles. The number of rotatable bonds is 3. The number of aliphatic hydroxyl groups excluding tert-OH is 1. The van der Waals surface area contributed by atoms with Crippen LogP contribution in [0.15, 0.2) is 10.7 Å². The fourth-order valence-electron chi connectivity index (χ4n) is 1.08. The molecule has 0 amide bonds. The summed E-state index contributed by atoms with van der Waals surface area (Å²) in [7, 11) is 0. The third-order valence-corrected chi connectivity index (χ3v) is 2.75. The predicted molar refractivity (Wildman–Crippen MR) is 50.7 cm³/mol. The van der Waals surface area contributed by atoms with E-state index < -0.39 is 6.43 Å². The molecule has 0 aliphatic rings. The molecular weight excluding hydrogens is 258 g/mol. The van der Waals surface area contributed by atoms with Crippen LogP contribution in [-0.2, 0) is 13.2 Å². The fourth-order valence-corrected chi connectivity index (χ4v) is 1.74. The van der Waals surface area contributed by atoms with Crippen LogP contribution in [0.25, 0.3) is 0 Å². The summed E-state index contributed by atoms with van der Waals surface area (Å²) >= 11 is 3.02. The Labute approximate surface area is 88.1 Å². The molecule has 3 N–H and O–H groups in total. The van der Waals surface area contributed by atoms with E-state index in [1.807, 2.05) is 0 Å². The van der Waals surface area contributed by atoms with E-state index in [-0.39, 0.29) is 23.2 Å². The first-order valence-corrected chi connectivity index (χ1v) is 4.66. The minimum Gasteiger partial charge on any atom is -0.390 e. The molecule has 0 fully saturated rings. The number of pyridine rings is 1. The van der Waals surface area contributed by atoms with Crippen LogP contribution in [-0.4, -0.2) is 10.1 Å². The first-order valence-electron chi connectivity index (χ1n) is 3.87. The Bertz CT molecular complexity index is 333. The minimum absolute atomic E-state index is 0.0596. The Balaban J connectivity index is 3.27. The van der Waals surface area contributed by atoms with E-state index in [0.717, 1.165) is 6.20 Å². The van der Waals surface area contributed by atoms with Crippen molar-refractivity contribution in [1.82, 2.24) is 4.98 Å². The summed E-state index contributed by atoms with van der Waals surface area (Å²) in [4.78, 5) is 3.71. The molecular formula is C8H9BrF2N2O. The van der Waals surface area contributed by atoms with Crippen molar-refractivity contribution in [2.45, 2.75) is 19.6 Å². The van der Waals surface area contributed by atoms with Crippen molar-refractivity contribution in [2.24, 2.45) is 5.73 Å². The number of hydrogen-bond acceptors (Lipinski definition) is 3. The average Bonchev–Trinajstić information content (AvgIpc) is 2.16. The van der Waals surface area contributed by atoms with Gasteiger partial charge in [0.25, 0.3) is 6.43 Å². The number of nitrogens with zero attached hydrogens (tertiary/aromatic N) is 1. The Kier molecular flexibility index (Phi) is 3.91. The van der Waals surface area contributed by atoms with Crippen LogP contribution < -0.4 is 5.73 Å². The lowest BCUT2D eigenvalue weighted by molar-refractivity contribution is 0.149. The largest absolute Gasteiger partial charge is 0.390 e. The zero-order valence-electron chi connectivity index (χ0n) is 7.17. The van der Waals surface area contributed by atoms with Gasteiger partial charge in [0.1, 0.15) is 0 Å². The molecule has 1 heterocycles. The van der Waals surface area contributed by atoms with E-state index in [4.69, 9.17) is 10.8 Å². The van der Waals surface area contributed by atoms with Crippen molar-refractivity contribution >= 4 is 15.9 Å². The van der Waals surface area contributed by atoms with Gasteiger partial charge in [-0.1, -0.05) is 0 Å². The maximum absolute atomic E-state index is 12.4. The van der Waals surface area contributed by atoms with E-state index in [0.29, 0.717) is 11.3 Å². The second-order valence-corrected chi connectivity index (χ2v) is 3.41. The summed E-state index contributed by atoms with van der Waals surface area (Å²) in [6.07, 6.45) is -1.56. The lowest BCUT2D eigenvalue weighted by atomic mass is 10.1. The van der Waals surface area contributed by atoms with Crippen molar-refractivity contribution < 1.29 is 13.9 Å². The van der Waals surface area contributed by atoms with Crippen LogP contribution in [0.3, 0.4) is 0 Å². The summed E-state index contributed by atoms with van der Waals surface area (Å²) in [6.45, 7) is -0.251. The van der Waals surface area contributed by atoms with Crippen LogP contribution in [0, 0.1) is 0 Å². The fraction of sp³-hybridized carbons (Fsp3) is 0.375. The van der Waals surface area contributed by atoms with Crippen molar-refractivity contribution in [1.29, 1.82) is 0 Å². The lowest BCUT2D eigenvalue weighted by Crippen LogP contribution is -2.07. The van der Waals surface area contributed by atoms with Gasteiger partial charge in [-0.25, -0.2) is 8.78 Å². The van der Waals surface area contributed by atoms with Gasteiger partial charge >= 0.3 is 0 Å². The van der Waals surface area contributed by atoms with Gasteiger partial charge < -0.3 is 10.8 Å². The highest BCUT2D eigenvalue weighted by Crippen LogP contribution is 2.30. The summed E-state index contributed by atoms with van der Waals surface area (Å²) < 4.78 is 25.0. The molecule has 14 heavy (non-hydrogen) atoms. The zero-order valence-corrected chi connectivity index (χ0v) is 8.76. The topological polar surface area (TPSA) is 59.1 Å². The molecule has 0 saturated carbocycles. The predicted octanol–water partition coefficient (Wildman–Crippen LogP) is 1.73. The van der Waals surface area contributed by atoms with Crippen molar-refractivity contribution in [3.63, 3.8) is 0 Å². The van der Waals surface area contributed by atoms with Crippen molar-refractivity contribution in [2.75, 3.05) is 0 Å². The summed E-state index contributed by atoms with van der Waals surface area (Å²) in [6, 6.07) is 0. The highest BCUT2D eigenvalue weighted by atomic mass is 79.9. The first kappa shape index (κ1) is 11.5. The van der Waals surface area contributed by atoms with Crippen LogP contribution >= 0.6 is 15.9 Å². The number of aromatic nitrogens is 1. The second-order valence-electron chi connectivity index (χ2n) is 2.62. The van der Waals surface area contributed by atoms with Crippen molar-refractivity contribution in [3.05, 3.63) is 27.5 Å². The molecule has 1 aromatic rings. The van der Waals surface area contributed by atoms with E-state index in [2.05, 4.69) is 20.9 Å². The number of aliphatic hydroxyl groups is 1. The van der Waals surface area contributed by atoms with E-state index in [9.17, 15) is 8.78 Å². The molecule has 0 bridgehead atoms. The van der Waals surface area contributed by atoms with Crippen LogP contribution in [0.4, 0.5) is 8.78 Å². The SMILES string of the molecule is NCc1c(CO)ncc(C(F)F)c1Br. The van der Waals surface area contributed by atoms with Crippen LogP contribution in [0.1, 0.15) is 23.2 Å². The maximum atomic E-state index is 12.4. The summed E-state index contributed by atoms with van der Waals surface area (Å²) in [5.74, 6) is 0. The Morgan fingerprint density at radius 2 is 2.21 bits per heavy atom. The van der Waals surface area contributed by atoms with Gasteiger partial charge in [-0.15, -0.1) is 0 Å². The Hall–Kier alpha value is -0.590. The van der Waals surface area contributed by atoms with E-state index in [1.165, 1.54) is 0 Å². The zero-order chi connectivity index (χ0) is 10.7. The lowest BCUT2D eigenvalue weighted by Gasteiger charge is -2.10. The standard InChI is InChI=1S/C8H9BrF2N2O/c9-7-4(1-12)6(3-14)13-2-5(7)8(10)11/h2,8,14H,1,3,12H2. The van der Waals surface area contributed by atoms with Gasteiger partial charge in [-0.2, -0.15) is 0 Å². The van der Waals surface area contributed by atoms with Gasteiger partial charge in [0.2, 0.25) is 0 Å². The molecule has 0 aliphatic heterocycles. The van der Waals surface area contributed by atoms with Gasteiger partial charge in [0.15, 0.2) is 0 Å². The normalized spacial score (nSPS) is 11.0. The third-order valence-electron chi connectivity index (χ3n) is 1.82. The molecule has 1 aromatic heterocycles.